The lowest BCUT2D eigenvalue weighted by molar-refractivity contribution is -0.158. The van der Waals surface area contributed by atoms with Crippen LogP contribution in [0.5, 0.6) is 5.75 Å². The van der Waals surface area contributed by atoms with Crippen molar-refractivity contribution in [3.63, 3.8) is 0 Å². The van der Waals surface area contributed by atoms with Gasteiger partial charge < -0.3 is 24.4 Å². The van der Waals surface area contributed by atoms with Gasteiger partial charge in [-0.25, -0.2) is 0 Å². The monoisotopic (exact) mass is 396 g/mol. The number of benzene rings is 1. The van der Waals surface area contributed by atoms with Gasteiger partial charge in [0.05, 0.1) is 18.6 Å². The molecule has 0 aromatic heterocycles. The molecule has 0 aliphatic carbocycles. The van der Waals surface area contributed by atoms with Gasteiger partial charge in [-0.15, -0.1) is 0 Å². The van der Waals surface area contributed by atoms with Gasteiger partial charge in [-0.2, -0.15) is 0 Å². The second-order valence-electron chi connectivity index (χ2n) is 7.83. The molecule has 0 heterocycles. The summed E-state index contributed by atoms with van der Waals surface area (Å²) in [5.74, 6) is -0.143. The molecule has 158 valence electrons. The molecule has 0 fully saturated rings. The molecular weight excluding hydrogens is 364 g/mol. The average Bonchev–Trinajstić information content (AvgIpc) is 2.64. The summed E-state index contributed by atoms with van der Waals surface area (Å²) in [6, 6.07) is 6.46. The number of ether oxygens (including phenoxy) is 3. The van der Waals surface area contributed by atoms with Crippen LogP contribution in [-0.4, -0.2) is 60.1 Å². The Balaban J connectivity index is 2.25. The zero-order chi connectivity index (χ0) is 21.4. The molecule has 0 aliphatic rings. The molecule has 7 nitrogen and oxygen atoms in total. The van der Waals surface area contributed by atoms with Crippen molar-refractivity contribution < 1.29 is 34.0 Å². The lowest BCUT2D eigenvalue weighted by Crippen LogP contribution is -2.31. The van der Waals surface area contributed by atoms with E-state index in [0.29, 0.717) is 17.7 Å². The highest BCUT2D eigenvalue weighted by molar-refractivity contribution is 6.01. The Kier molecular flexibility index (Phi) is 9.07. The topological polar surface area (TPSA) is 102 Å². The van der Waals surface area contributed by atoms with E-state index in [4.69, 9.17) is 14.2 Å². The van der Waals surface area contributed by atoms with E-state index in [1.165, 1.54) is 13.8 Å². The molecule has 0 radical (unpaired) electrons. The summed E-state index contributed by atoms with van der Waals surface area (Å²) in [7, 11) is 0. The van der Waals surface area contributed by atoms with Gasteiger partial charge in [0.1, 0.15) is 30.7 Å². The Hall–Kier alpha value is -1.96. The minimum atomic E-state index is -1.42. The van der Waals surface area contributed by atoms with E-state index in [-0.39, 0.29) is 38.2 Å². The Labute approximate surface area is 166 Å². The summed E-state index contributed by atoms with van der Waals surface area (Å²) in [6.45, 7) is 8.80. The van der Waals surface area contributed by atoms with Crippen molar-refractivity contribution in [3.05, 3.63) is 29.8 Å². The van der Waals surface area contributed by atoms with Crippen LogP contribution < -0.4 is 4.74 Å². The number of ketones is 1. The summed E-state index contributed by atoms with van der Waals surface area (Å²) < 4.78 is 15.9. The van der Waals surface area contributed by atoms with Crippen LogP contribution in [0.3, 0.4) is 0 Å². The maximum absolute atomic E-state index is 11.9. The Morgan fingerprint density at radius 1 is 1.04 bits per heavy atom. The van der Waals surface area contributed by atoms with Crippen LogP contribution in [0.2, 0.25) is 0 Å². The van der Waals surface area contributed by atoms with Crippen LogP contribution in [0.4, 0.5) is 0 Å². The third-order valence-corrected chi connectivity index (χ3v) is 4.32. The lowest BCUT2D eigenvalue weighted by Gasteiger charge is -2.21. The summed E-state index contributed by atoms with van der Waals surface area (Å²) in [4.78, 5) is 23.8. The number of aliphatic hydroxyl groups is 2. The fourth-order valence-corrected chi connectivity index (χ4v) is 2.05. The predicted molar refractivity (Wildman–Crippen MR) is 104 cm³/mol. The average molecular weight is 396 g/mol. The molecule has 1 aromatic carbocycles. The molecule has 0 spiro atoms. The van der Waals surface area contributed by atoms with Crippen molar-refractivity contribution in [1.29, 1.82) is 0 Å². The predicted octanol–water partition coefficient (Wildman–Crippen LogP) is 2.38. The van der Waals surface area contributed by atoms with Crippen molar-refractivity contribution >= 4 is 11.8 Å². The van der Waals surface area contributed by atoms with Gasteiger partial charge in [-0.3, -0.25) is 9.59 Å². The first-order valence-electron chi connectivity index (χ1n) is 9.40. The largest absolute Gasteiger partial charge is 0.491 e. The molecule has 28 heavy (non-hydrogen) atoms. The van der Waals surface area contributed by atoms with Gasteiger partial charge in [-0.1, -0.05) is 6.92 Å². The lowest BCUT2D eigenvalue weighted by atomic mass is 9.91. The van der Waals surface area contributed by atoms with Crippen LogP contribution in [0.25, 0.3) is 0 Å². The van der Waals surface area contributed by atoms with Crippen molar-refractivity contribution in [2.75, 3.05) is 26.4 Å². The first-order chi connectivity index (χ1) is 13.0. The summed E-state index contributed by atoms with van der Waals surface area (Å²) in [5, 5.41) is 19.5. The number of aliphatic hydroxyl groups excluding tert-OH is 1. The number of esters is 1. The second-order valence-corrected chi connectivity index (χ2v) is 7.83. The zero-order valence-corrected chi connectivity index (χ0v) is 17.4. The number of Topliss-reactive ketones (excluding diaryl/α,β-unsaturated/α-hetero) is 1. The number of carbonyl (C=O) groups is 2. The molecule has 1 unspecified atom stereocenters. The first kappa shape index (κ1) is 24.1. The normalized spacial score (nSPS) is 13.1. The number of carbonyl (C=O) groups excluding carboxylic acids is 2. The van der Waals surface area contributed by atoms with Gasteiger partial charge in [0.25, 0.3) is 0 Å². The van der Waals surface area contributed by atoms with E-state index in [1.807, 2.05) is 6.92 Å². The van der Waals surface area contributed by atoms with Gasteiger partial charge in [0, 0.05) is 5.56 Å². The molecule has 0 saturated carbocycles. The Bertz CT molecular complexity index is 629. The molecule has 1 aromatic rings. The quantitative estimate of drug-likeness (QED) is 0.318. The summed E-state index contributed by atoms with van der Waals surface area (Å²) in [6.07, 6.45) is -0.244. The van der Waals surface area contributed by atoms with Crippen molar-refractivity contribution in [1.82, 2.24) is 0 Å². The SMILES string of the molecule is CCC(C)(C)C(=O)OCC(O)COCCOc1ccc(C(=O)C(C)(C)O)cc1. The fraction of sp³-hybridized carbons (Fsp3) is 0.619. The van der Waals surface area contributed by atoms with Crippen LogP contribution >= 0.6 is 0 Å². The van der Waals surface area contributed by atoms with Crippen LogP contribution in [0.1, 0.15) is 51.4 Å². The molecule has 0 saturated heterocycles. The maximum Gasteiger partial charge on any atom is 0.311 e. The highest BCUT2D eigenvalue weighted by Crippen LogP contribution is 2.21. The van der Waals surface area contributed by atoms with E-state index in [2.05, 4.69) is 0 Å². The number of hydrogen-bond donors (Lipinski definition) is 2. The Morgan fingerprint density at radius 2 is 1.64 bits per heavy atom. The standard InChI is InChI=1S/C21H32O7/c1-6-20(2,3)19(24)28-14-16(22)13-26-11-12-27-17-9-7-15(8-10-17)18(23)21(4,5)25/h7-10,16,22,25H,6,11-14H2,1-5H3. The highest BCUT2D eigenvalue weighted by Gasteiger charge is 2.27. The second kappa shape index (κ2) is 10.5. The molecular formula is C21H32O7. The minimum Gasteiger partial charge on any atom is -0.491 e. The molecule has 0 bridgehead atoms. The van der Waals surface area contributed by atoms with Gasteiger partial charge in [-0.05, 0) is 58.4 Å². The first-order valence-corrected chi connectivity index (χ1v) is 9.40. The minimum absolute atomic E-state index is 0.0300. The zero-order valence-electron chi connectivity index (χ0n) is 17.4. The summed E-state index contributed by atoms with van der Waals surface area (Å²) in [5.41, 5.74) is -1.58. The number of rotatable bonds is 12. The fourth-order valence-electron chi connectivity index (χ4n) is 2.05. The van der Waals surface area contributed by atoms with E-state index >= 15 is 0 Å². The van der Waals surface area contributed by atoms with Crippen molar-refractivity contribution in [2.24, 2.45) is 5.41 Å². The maximum atomic E-state index is 11.9. The molecule has 1 rings (SSSR count). The van der Waals surface area contributed by atoms with Crippen LogP contribution in [-0.2, 0) is 14.3 Å². The van der Waals surface area contributed by atoms with Crippen LogP contribution in [0, 0.1) is 5.41 Å². The van der Waals surface area contributed by atoms with E-state index in [0.717, 1.165) is 0 Å². The van der Waals surface area contributed by atoms with E-state index in [1.54, 1.807) is 38.1 Å². The molecule has 0 aliphatic heterocycles. The van der Waals surface area contributed by atoms with E-state index in [9.17, 15) is 19.8 Å². The third kappa shape index (κ3) is 7.96. The molecule has 1 atom stereocenters. The smallest absolute Gasteiger partial charge is 0.311 e. The molecule has 7 heteroatoms. The van der Waals surface area contributed by atoms with Crippen molar-refractivity contribution in [3.8, 4) is 5.75 Å². The highest BCUT2D eigenvalue weighted by atomic mass is 16.6. The van der Waals surface area contributed by atoms with Gasteiger partial charge in [0.2, 0.25) is 0 Å². The Morgan fingerprint density at radius 3 is 2.18 bits per heavy atom. The van der Waals surface area contributed by atoms with E-state index < -0.39 is 17.1 Å². The van der Waals surface area contributed by atoms with Gasteiger partial charge in [0.15, 0.2) is 5.78 Å². The van der Waals surface area contributed by atoms with Crippen molar-refractivity contribution in [2.45, 2.75) is 52.7 Å². The summed E-state index contributed by atoms with van der Waals surface area (Å²) >= 11 is 0. The van der Waals surface area contributed by atoms with Gasteiger partial charge >= 0.3 is 5.97 Å². The van der Waals surface area contributed by atoms with Crippen LogP contribution in [0.15, 0.2) is 24.3 Å². The molecule has 2 N–H and O–H groups in total. The number of hydrogen-bond acceptors (Lipinski definition) is 7. The third-order valence-electron chi connectivity index (χ3n) is 4.32. The molecule has 0 amide bonds.